The van der Waals surface area contributed by atoms with E-state index in [1.54, 1.807) is 6.92 Å². The lowest BCUT2D eigenvalue weighted by Gasteiger charge is -2.21. The number of hydrogen-bond donors (Lipinski definition) is 0. The van der Waals surface area contributed by atoms with Gasteiger partial charge in [0.25, 0.3) is 0 Å². The Labute approximate surface area is 102 Å². The van der Waals surface area contributed by atoms with Gasteiger partial charge in [-0.2, -0.15) is 0 Å². The quantitative estimate of drug-likeness (QED) is 0.806. The highest BCUT2D eigenvalue weighted by atomic mass is 16.7. The Kier molecular flexibility index (Phi) is 3.92. The van der Waals surface area contributed by atoms with Gasteiger partial charge in [0.15, 0.2) is 6.29 Å². The van der Waals surface area contributed by atoms with Crippen molar-refractivity contribution in [2.75, 3.05) is 0 Å². The Balaban J connectivity index is 2.01. The molecule has 1 heterocycles. The SMILES string of the molecule is CC(=O)C[C@@H](C)C1OCc2ccccc2CO1. The third kappa shape index (κ3) is 3.14. The number of benzene rings is 1. The second kappa shape index (κ2) is 5.43. The Morgan fingerprint density at radius 3 is 2.29 bits per heavy atom. The summed E-state index contributed by atoms with van der Waals surface area (Å²) in [4.78, 5) is 11.1. The summed E-state index contributed by atoms with van der Waals surface area (Å²) >= 11 is 0. The van der Waals surface area contributed by atoms with Crippen molar-refractivity contribution >= 4 is 5.78 Å². The van der Waals surface area contributed by atoms with Gasteiger partial charge < -0.3 is 14.3 Å². The fourth-order valence-electron chi connectivity index (χ4n) is 2.11. The lowest BCUT2D eigenvalue weighted by atomic mass is 10.1. The topological polar surface area (TPSA) is 35.5 Å². The van der Waals surface area contributed by atoms with E-state index in [9.17, 15) is 4.79 Å². The second-order valence-electron chi connectivity index (χ2n) is 4.64. The number of Topliss-reactive ketones (excluding diaryl/α,β-unsaturated/α-hetero) is 1. The maximum Gasteiger partial charge on any atom is 0.161 e. The number of ketones is 1. The molecule has 3 nitrogen and oxygen atoms in total. The highest BCUT2D eigenvalue weighted by molar-refractivity contribution is 5.75. The zero-order valence-electron chi connectivity index (χ0n) is 10.3. The number of hydrogen-bond acceptors (Lipinski definition) is 3. The van der Waals surface area contributed by atoms with E-state index in [1.807, 2.05) is 19.1 Å². The molecule has 1 aromatic rings. The lowest BCUT2D eigenvalue weighted by molar-refractivity contribution is -0.177. The Bertz CT molecular complexity index is 373. The smallest absolute Gasteiger partial charge is 0.161 e. The van der Waals surface area contributed by atoms with Gasteiger partial charge in [0.05, 0.1) is 13.2 Å². The summed E-state index contributed by atoms with van der Waals surface area (Å²) in [5, 5.41) is 0. The molecule has 0 amide bonds. The molecule has 0 radical (unpaired) electrons. The first kappa shape index (κ1) is 12.3. The van der Waals surface area contributed by atoms with Gasteiger partial charge in [-0.15, -0.1) is 0 Å². The van der Waals surface area contributed by atoms with Crippen LogP contribution >= 0.6 is 0 Å². The van der Waals surface area contributed by atoms with Crippen molar-refractivity contribution in [3.8, 4) is 0 Å². The van der Waals surface area contributed by atoms with Crippen LogP contribution in [-0.2, 0) is 27.5 Å². The van der Waals surface area contributed by atoms with Gasteiger partial charge in [-0.25, -0.2) is 0 Å². The molecular weight excluding hydrogens is 216 g/mol. The average molecular weight is 234 g/mol. The van der Waals surface area contributed by atoms with Gasteiger partial charge in [0, 0.05) is 12.3 Å². The van der Waals surface area contributed by atoms with E-state index in [0.717, 1.165) is 0 Å². The number of rotatable bonds is 3. The third-order valence-corrected chi connectivity index (χ3v) is 3.00. The largest absolute Gasteiger partial charge is 0.348 e. The van der Waals surface area contributed by atoms with E-state index in [4.69, 9.17) is 9.47 Å². The molecule has 0 aromatic heterocycles. The summed E-state index contributed by atoms with van der Waals surface area (Å²) in [5.74, 6) is 0.272. The van der Waals surface area contributed by atoms with E-state index < -0.39 is 0 Å². The molecule has 3 heteroatoms. The van der Waals surface area contributed by atoms with Crippen molar-refractivity contribution in [1.29, 1.82) is 0 Å². The van der Waals surface area contributed by atoms with Crippen LogP contribution in [0.2, 0.25) is 0 Å². The standard InChI is InChI=1S/C14H18O3/c1-10(7-11(2)15)14-16-8-12-5-3-4-6-13(12)9-17-14/h3-6,10,14H,7-9H2,1-2H3/t10-/m1/s1. The highest BCUT2D eigenvalue weighted by Crippen LogP contribution is 2.23. The Hall–Kier alpha value is -1.19. The molecule has 0 saturated heterocycles. The predicted molar refractivity (Wildman–Crippen MR) is 64.3 cm³/mol. The number of ether oxygens (including phenoxy) is 2. The van der Waals surface area contributed by atoms with Crippen molar-refractivity contribution in [2.24, 2.45) is 5.92 Å². The van der Waals surface area contributed by atoms with Gasteiger partial charge in [0.2, 0.25) is 0 Å². The van der Waals surface area contributed by atoms with Crippen LogP contribution in [-0.4, -0.2) is 12.1 Å². The van der Waals surface area contributed by atoms with Crippen molar-refractivity contribution in [3.63, 3.8) is 0 Å². The van der Waals surface area contributed by atoms with Gasteiger partial charge in [-0.3, -0.25) is 0 Å². The summed E-state index contributed by atoms with van der Waals surface area (Å²) in [6.07, 6.45) is 0.215. The van der Waals surface area contributed by atoms with E-state index in [1.165, 1.54) is 11.1 Å². The fourth-order valence-corrected chi connectivity index (χ4v) is 2.11. The van der Waals surface area contributed by atoms with Crippen molar-refractivity contribution in [1.82, 2.24) is 0 Å². The van der Waals surface area contributed by atoms with E-state index in [-0.39, 0.29) is 18.0 Å². The first-order chi connectivity index (χ1) is 8.16. The molecule has 0 aliphatic carbocycles. The third-order valence-electron chi connectivity index (χ3n) is 3.00. The summed E-state index contributed by atoms with van der Waals surface area (Å²) in [6.45, 7) is 4.70. The number of fused-ring (bicyclic) bond motifs is 1. The summed E-state index contributed by atoms with van der Waals surface area (Å²) in [5.41, 5.74) is 2.34. The highest BCUT2D eigenvalue weighted by Gasteiger charge is 2.23. The molecule has 0 bridgehead atoms. The fraction of sp³-hybridized carbons (Fsp3) is 0.500. The van der Waals surface area contributed by atoms with Crippen molar-refractivity contribution in [3.05, 3.63) is 35.4 Å². The minimum Gasteiger partial charge on any atom is -0.348 e. The van der Waals surface area contributed by atoms with Gasteiger partial charge in [-0.05, 0) is 18.1 Å². The monoisotopic (exact) mass is 234 g/mol. The van der Waals surface area contributed by atoms with Gasteiger partial charge in [0.1, 0.15) is 5.78 Å². The maximum absolute atomic E-state index is 11.1. The van der Waals surface area contributed by atoms with Crippen molar-refractivity contribution < 1.29 is 14.3 Å². The van der Waals surface area contributed by atoms with Crippen LogP contribution in [0.3, 0.4) is 0 Å². The van der Waals surface area contributed by atoms with Gasteiger partial charge in [-0.1, -0.05) is 31.2 Å². The molecule has 0 spiro atoms. The van der Waals surface area contributed by atoms with Gasteiger partial charge >= 0.3 is 0 Å². The molecule has 1 aromatic carbocycles. The predicted octanol–water partition coefficient (Wildman–Crippen LogP) is 2.67. The van der Waals surface area contributed by atoms with Crippen LogP contribution in [0.4, 0.5) is 0 Å². The van der Waals surface area contributed by atoms with Crippen LogP contribution < -0.4 is 0 Å². The Morgan fingerprint density at radius 2 is 1.82 bits per heavy atom. The molecule has 1 aliphatic rings. The number of carbonyl (C=O) groups excluding carboxylic acids is 1. The van der Waals surface area contributed by atoms with E-state index in [2.05, 4.69) is 12.1 Å². The van der Waals surface area contributed by atoms with E-state index >= 15 is 0 Å². The van der Waals surface area contributed by atoms with Crippen LogP contribution in [0.15, 0.2) is 24.3 Å². The van der Waals surface area contributed by atoms with Crippen molar-refractivity contribution in [2.45, 2.75) is 39.8 Å². The molecule has 0 saturated carbocycles. The molecule has 1 atom stereocenters. The molecule has 0 unspecified atom stereocenters. The second-order valence-corrected chi connectivity index (χ2v) is 4.64. The first-order valence-corrected chi connectivity index (χ1v) is 5.96. The summed E-state index contributed by atoms with van der Waals surface area (Å²) in [7, 11) is 0. The zero-order chi connectivity index (χ0) is 12.3. The van der Waals surface area contributed by atoms with Crippen LogP contribution in [0.25, 0.3) is 0 Å². The van der Waals surface area contributed by atoms with Crippen LogP contribution in [0.5, 0.6) is 0 Å². The van der Waals surface area contributed by atoms with E-state index in [0.29, 0.717) is 19.6 Å². The minimum absolute atomic E-state index is 0.0989. The molecule has 2 rings (SSSR count). The first-order valence-electron chi connectivity index (χ1n) is 5.96. The zero-order valence-corrected chi connectivity index (χ0v) is 10.3. The molecular formula is C14H18O3. The summed E-state index contributed by atoms with van der Waals surface area (Å²) < 4.78 is 11.4. The molecule has 0 fully saturated rings. The summed E-state index contributed by atoms with van der Waals surface area (Å²) in [6, 6.07) is 8.11. The molecule has 0 N–H and O–H groups in total. The molecule has 17 heavy (non-hydrogen) atoms. The maximum atomic E-state index is 11.1. The molecule has 1 aliphatic heterocycles. The molecule has 92 valence electrons. The Morgan fingerprint density at radius 1 is 1.29 bits per heavy atom. The lowest BCUT2D eigenvalue weighted by Crippen LogP contribution is -2.25. The average Bonchev–Trinajstić information content (AvgIpc) is 2.50. The van der Waals surface area contributed by atoms with Crippen LogP contribution in [0, 0.1) is 5.92 Å². The number of carbonyl (C=O) groups is 1. The van der Waals surface area contributed by atoms with Crippen LogP contribution in [0.1, 0.15) is 31.4 Å². The normalized spacial score (nSPS) is 18.2. The minimum atomic E-state index is -0.286.